The molecule has 0 aliphatic carbocycles. The lowest BCUT2D eigenvalue weighted by Crippen LogP contribution is -2.11. The van der Waals surface area contributed by atoms with Crippen molar-refractivity contribution in [2.45, 2.75) is 20.5 Å². The lowest BCUT2D eigenvalue weighted by Gasteiger charge is -2.11. The van der Waals surface area contributed by atoms with Gasteiger partial charge in [0.2, 0.25) is 0 Å². The van der Waals surface area contributed by atoms with Gasteiger partial charge in [0.05, 0.1) is 13.2 Å². The maximum absolute atomic E-state index is 12.9. The topological polar surface area (TPSA) is 38.7 Å². The Morgan fingerprint density at radius 1 is 1.29 bits per heavy atom. The molecule has 0 fully saturated rings. The molecule has 0 saturated carbocycles. The molecule has 3 nitrogen and oxygen atoms in total. The molecule has 1 rings (SSSR count). The van der Waals surface area contributed by atoms with Crippen LogP contribution in [-0.4, -0.2) is 24.9 Å². The molecule has 0 heterocycles. The highest BCUT2D eigenvalue weighted by atomic mass is 19.1. The van der Waals surface area contributed by atoms with Gasteiger partial charge in [0.1, 0.15) is 18.2 Å². The van der Waals surface area contributed by atoms with E-state index in [4.69, 9.17) is 14.6 Å². The van der Waals surface area contributed by atoms with Gasteiger partial charge in [-0.15, -0.1) is 0 Å². The van der Waals surface area contributed by atoms with Crippen molar-refractivity contribution in [1.82, 2.24) is 0 Å². The van der Waals surface area contributed by atoms with Crippen LogP contribution in [0.15, 0.2) is 18.2 Å². The summed E-state index contributed by atoms with van der Waals surface area (Å²) in [5.41, 5.74) is 0.453. The first-order valence-corrected chi connectivity index (χ1v) is 5.73. The van der Waals surface area contributed by atoms with Crippen molar-refractivity contribution in [2.24, 2.45) is 5.92 Å². The number of benzene rings is 1. The molecule has 0 aliphatic heterocycles. The molecule has 96 valence electrons. The third kappa shape index (κ3) is 5.15. The van der Waals surface area contributed by atoms with Crippen molar-refractivity contribution < 1.29 is 19.0 Å². The Kier molecular flexibility index (Phi) is 5.94. The summed E-state index contributed by atoms with van der Waals surface area (Å²) in [7, 11) is 0. The van der Waals surface area contributed by atoms with Crippen molar-refractivity contribution in [3.8, 4) is 5.75 Å². The van der Waals surface area contributed by atoms with Crippen LogP contribution in [0.25, 0.3) is 0 Å². The smallest absolute Gasteiger partial charge is 0.125 e. The molecule has 0 bridgehead atoms. The highest BCUT2D eigenvalue weighted by Gasteiger charge is 2.04. The van der Waals surface area contributed by atoms with Gasteiger partial charge in [0.15, 0.2) is 0 Å². The van der Waals surface area contributed by atoms with Crippen LogP contribution in [0.2, 0.25) is 0 Å². The van der Waals surface area contributed by atoms with Gasteiger partial charge in [-0.2, -0.15) is 0 Å². The van der Waals surface area contributed by atoms with E-state index in [1.807, 2.05) is 0 Å². The third-order valence-corrected chi connectivity index (χ3v) is 2.13. The number of halogens is 1. The lowest BCUT2D eigenvalue weighted by atomic mass is 10.2. The first-order chi connectivity index (χ1) is 8.13. The Morgan fingerprint density at radius 3 is 2.71 bits per heavy atom. The van der Waals surface area contributed by atoms with Gasteiger partial charge in [-0.05, 0) is 24.1 Å². The molecule has 0 radical (unpaired) electrons. The largest absolute Gasteiger partial charge is 0.491 e. The van der Waals surface area contributed by atoms with Gasteiger partial charge in [-0.25, -0.2) is 4.39 Å². The Balaban J connectivity index is 2.36. The summed E-state index contributed by atoms with van der Waals surface area (Å²) in [5.74, 6) is 0.619. The van der Waals surface area contributed by atoms with Gasteiger partial charge in [-0.1, -0.05) is 13.8 Å². The number of aliphatic hydroxyl groups excluding tert-OH is 1. The quantitative estimate of drug-likeness (QED) is 0.746. The van der Waals surface area contributed by atoms with E-state index in [9.17, 15) is 4.39 Å². The van der Waals surface area contributed by atoms with E-state index in [0.717, 1.165) is 0 Å². The monoisotopic (exact) mass is 242 g/mol. The summed E-state index contributed by atoms with van der Waals surface area (Å²) < 4.78 is 23.6. The van der Waals surface area contributed by atoms with E-state index in [0.29, 0.717) is 37.1 Å². The second kappa shape index (κ2) is 7.25. The molecule has 0 amide bonds. The van der Waals surface area contributed by atoms with Crippen molar-refractivity contribution in [3.05, 3.63) is 29.6 Å². The molecule has 1 aromatic carbocycles. The predicted molar refractivity (Wildman–Crippen MR) is 63.5 cm³/mol. The van der Waals surface area contributed by atoms with Crippen molar-refractivity contribution in [1.29, 1.82) is 0 Å². The lowest BCUT2D eigenvalue weighted by molar-refractivity contribution is 0.0811. The van der Waals surface area contributed by atoms with E-state index in [2.05, 4.69) is 13.8 Å². The first-order valence-electron chi connectivity index (χ1n) is 5.73. The minimum absolute atomic E-state index is 0.236. The summed E-state index contributed by atoms with van der Waals surface area (Å²) in [6, 6.07) is 4.09. The van der Waals surface area contributed by atoms with Gasteiger partial charge in [0, 0.05) is 12.2 Å². The van der Waals surface area contributed by atoms with Crippen LogP contribution in [0.3, 0.4) is 0 Å². The average molecular weight is 242 g/mol. The molecule has 1 N–H and O–H groups in total. The third-order valence-electron chi connectivity index (χ3n) is 2.13. The maximum atomic E-state index is 12.9. The van der Waals surface area contributed by atoms with Crippen LogP contribution in [0.5, 0.6) is 5.75 Å². The Morgan fingerprint density at radius 2 is 2.06 bits per heavy atom. The molecule has 4 heteroatoms. The summed E-state index contributed by atoms with van der Waals surface area (Å²) in [4.78, 5) is 0. The molecule has 0 aliphatic rings. The van der Waals surface area contributed by atoms with Crippen molar-refractivity contribution in [3.63, 3.8) is 0 Å². The van der Waals surface area contributed by atoms with Crippen LogP contribution in [0, 0.1) is 11.7 Å². The molecule has 1 aromatic rings. The molecule has 0 spiro atoms. The Hall–Kier alpha value is -1.13. The molecule has 0 saturated heterocycles. The van der Waals surface area contributed by atoms with Gasteiger partial charge < -0.3 is 14.6 Å². The first kappa shape index (κ1) is 13.9. The number of aliphatic hydroxyl groups is 1. The van der Waals surface area contributed by atoms with Gasteiger partial charge in [0.25, 0.3) is 0 Å². The molecule has 17 heavy (non-hydrogen) atoms. The Bertz CT molecular complexity index is 339. The minimum Gasteiger partial charge on any atom is -0.491 e. The van der Waals surface area contributed by atoms with Gasteiger partial charge >= 0.3 is 0 Å². The standard InChI is InChI=1S/C13H19FO3/c1-10(2)9-16-5-6-17-13-4-3-12(14)7-11(13)8-15/h3-4,7,10,15H,5-6,8-9H2,1-2H3. The fraction of sp³-hybridized carbons (Fsp3) is 0.538. The van der Waals surface area contributed by atoms with E-state index in [1.165, 1.54) is 18.2 Å². The van der Waals surface area contributed by atoms with E-state index in [-0.39, 0.29) is 12.4 Å². The molecule has 0 aromatic heterocycles. The highest BCUT2D eigenvalue weighted by Crippen LogP contribution is 2.19. The molecular formula is C13H19FO3. The van der Waals surface area contributed by atoms with E-state index >= 15 is 0 Å². The maximum Gasteiger partial charge on any atom is 0.125 e. The van der Waals surface area contributed by atoms with Crippen LogP contribution >= 0.6 is 0 Å². The fourth-order valence-corrected chi connectivity index (χ4v) is 1.34. The summed E-state index contributed by atoms with van der Waals surface area (Å²) >= 11 is 0. The van der Waals surface area contributed by atoms with Crippen LogP contribution in [0.1, 0.15) is 19.4 Å². The molecule has 0 unspecified atom stereocenters. The highest BCUT2D eigenvalue weighted by molar-refractivity contribution is 5.33. The van der Waals surface area contributed by atoms with E-state index < -0.39 is 0 Å². The Labute approximate surface area is 101 Å². The predicted octanol–water partition coefficient (Wildman–Crippen LogP) is 2.37. The average Bonchev–Trinajstić information content (AvgIpc) is 2.29. The zero-order valence-corrected chi connectivity index (χ0v) is 10.3. The SMILES string of the molecule is CC(C)COCCOc1ccc(F)cc1CO. The molecular weight excluding hydrogens is 223 g/mol. The van der Waals surface area contributed by atoms with Gasteiger partial charge in [-0.3, -0.25) is 0 Å². The fourth-order valence-electron chi connectivity index (χ4n) is 1.34. The number of ether oxygens (including phenoxy) is 2. The van der Waals surface area contributed by atoms with Crippen molar-refractivity contribution in [2.75, 3.05) is 19.8 Å². The minimum atomic E-state index is -0.377. The summed E-state index contributed by atoms with van der Waals surface area (Å²) in [6.45, 7) is 5.49. The van der Waals surface area contributed by atoms with E-state index in [1.54, 1.807) is 0 Å². The summed E-state index contributed by atoms with van der Waals surface area (Å²) in [5, 5.41) is 9.04. The second-order valence-electron chi connectivity index (χ2n) is 4.23. The van der Waals surface area contributed by atoms with Crippen LogP contribution in [0.4, 0.5) is 4.39 Å². The van der Waals surface area contributed by atoms with Crippen LogP contribution in [-0.2, 0) is 11.3 Å². The number of hydrogen-bond acceptors (Lipinski definition) is 3. The zero-order chi connectivity index (χ0) is 12.7. The number of rotatable bonds is 7. The second-order valence-corrected chi connectivity index (χ2v) is 4.23. The number of hydrogen-bond donors (Lipinski definition) is 1. The normalized spacial score (nSPS) is 10.9. The molecule has 0 atom stereocenters. The van der Waals surface area contributed by atoms with Crippen LogP contribution < -0.4 is 4.74 Å². The summed E-state index contributed by atoms with van der Waals surface area (Å²) in [6.07, 6.45) is 0. The van der Waals surface area contributed by atoms with Crippen molar-refractivity contribution >= 4 is 0 Å². The zero-order valence-electron chi connectivity index (χ0n) is 10.3.